The molecule has 1 aromatic carbocycles. The number of hydrogen-bond acceptors (Lipinski definition) is 4. The molecular weight excluding hydrogens is 326 g/mol. The Morgan fingerprint density at radius 1 is 1.33 bits per heavy atom. The molecule has 130 valence electrons. The highest BCUT2D eigenvalue weighted by molar-refractivity contribution is 7.80. The minimum atomic E-state index is -0.438. The first-order valence-electron chi connectivity index (χ1n) is 8.32. The Hall–Kier alpha value is -2.02. The van der Waals surface area contributed by atoms with Crippen LogP contribution in [0.3, 0.4) is 0 Å². The van der Waals surface area contributed by atoms with Crippen LogP contribution in [0.25, 0.3) is 0 Å². The first-order valence-corrected chi connectivity index (χ1v) is 8.73. The number of nitro benzene ring substituents is 1. The smallest absolute Gasteiger partial charge is 0.274 e. The van der Waals surface area contributed by atoms with Crippen molar-refractivity contribution in [2.45, 2.75) is 51.9 Å². The molecule has 0 saturated heterocycles. The maximum Gasteiger partial charge on any atom is 0.274 e. The normalized spacial score (nSPS) is 14.9. The van der Waals surface area contributed by atoms with Crippen LogP contribution >= 0.6 is 12.2 Å². The van der Waals surface area contributed by atoms with Crippen LogP contribution < -0.4 is 10.6 Å². The molecule has 2 N–H and O–H groups in total. The lowest BCUT2D eigenvalue weighted by Crippen LogP contribution is -2.34. The standard InChI is InChI=1S/C17H23N3O3S/c1-12-14(8-5-9-15(12)20(22)23)18-17(24)19-16(21)11-10-13-6-3-2-4-7-13/h5,8-9,13H,2-4,6-7,10-11H2,1H3,(H2,18,19,21,24). The van der Waals surface area contributed by atoms with Gasteiger partial charge in [-0.05, 0) is 37.5 Å². The molecule has 0 heterocycles. The average molecular weight is 349 g/mol. The summed E-state index contributed by atoms with van der Waals surface area (Å²) in [7, 11) is 0. The van der Waals surface area contributed by atoms with E-state index in [4.69, 9.17) is 12.2 Å². The van der Waals surface area contributed by atoms with Gasteiger partial charge in [-0.3, -0.25) is 14.9 Å². The van der Waals surface area contributed by atoms with Crippen molar-refractivity contribution in [3.05, 3.63) is 33.9 Å². The summed E-state index contributed by atoms with van der Waals surface area (Å²) in [4.78, 5) is 22.5. The predicted molar refractivity (Wildman–Crippen MR) is 98.0 cm³/mol. The molecule has 0 spiro atoms. The fourth-order valence-electron chi connectivity index (χ4n) is 3.11. The maximum atomic E-state index is 12.0. The highest BCUT2D eigenvalue weighted by Gasteiger charge is 2.16. The third kappa shape index (κ3) is 5.26. The molecule has 0 atom stereocenters. The Kier molecular flexibility index (Phi) is 6.66. The van der Waals surface area contributed by atoms with Crippen molar-refractivity contribution in [1.82, 2.24) is 5.32 Å². The van der Waals surface area contributed by atoms with Crippen LogP contribution in [0.4, 0.5) is 11.4 Å². The van der Waals surface area contributed by atoms with Gasteiger partial charge in [0.2, 0.25) is 5.91 Å². The number of nitro groups is 1. The number of benzene rings is 1. The molecule has 6 nitrogen and oxygen atoms in total. The van der Waals surface area contributed by atoms with Gasteiger partial charge in [0.15, 0.2) is 5.11 Å². The second kappa shape index (κ2) is 8.73. The van der Waals surface area contributed by atoms with Gasteiger partial charge < -0.3 is 10.6 Å². The van der Waals surface area contributed by atoms with E-state index in [9.17, 15) is 14.9 Å². The van der Waals surface area contributed by atoms with Crippen LogP contribution in [-0.2, 0) is 4.79 Å². The van der Waals surface area contributed by atoms with E-state index in [0.29, 0.717) is 23.6 Å². The topological polar surface area (TPSA) is 84.3 Å². The van der Waals surface area contributed by atoms with Crippen LogP contribution in [0, 0.1) is 23.0 Å². The first-order chi connectivity index (χ1) is 11.5. The lowest BCUT2D eigenvalue weighted by molar-refractivity contribution is -0.385. The summed E-state index contributed by atoms with van der Waals surface area (Å²) in [6.07, 6.45) is 7.60. The number of carbonyl (C=O) groups excluding carboxylic acids is 1. The number of nitrogens with one attached hydrogen (secondary N) is 2. The Balaban J connectivity index is 1.83. The van der Waals surface area contributed by atoms with Crippen LogP contribution in [-0.4, -0.2) is 15.9 Å². The zero-order valence-corrected chi connectivity index (χ0v) is 14.7. The summed E-state index contributed by atoms with van der Waals surface area (Å²) in [6, 6.07) is 4.72. The minimum Gasteiger partial charge on any atom is -0.332 e. The molecule has 1 aliphatic carbocycles. The van der Waals surface area contributed by atoms with Gasteiger partial charge in [0.1, 0.15) is 0 Å². The number of nitrogens with zero attached hydrogens (tertiary/aromatic N) is 1. The predicted octanol–water partition coefficient (Wildman–Crippen LogP) is 4.08. The van der Waals surface area contributed by atoms with Crippen molar-refractivity contribution >= 4 is 34.6 Å². The SMILES string of the molecule is Cc1c(NC(=S)NC(=O)CCC2CCCCC2)cccc1[N+](=O)[O-]. The van der Waals surface area contributed by atoms with Crippen molar-refractivity contribution in [3.63, 3.8) is 0 Å². The van der Waals surface area contributed by atoms with Gasteiger partial charge in [-0.15, -0.1) is 0 Å². The van der Waals surface area contributed by atoms with Gasteiger partial charge in [0.25, 0.3) is 5.69 Å². The second-order valence-electron chi connectivity index (χ2n) is 6.25. The summed E-state index contributed by atoms with van der Waals surface area (Å²) in [5, 5.41) is 16.6. The molecule has 0 bridgehead atoms. The van der Waals surface area contributed by atoms with Gasteiger partial charge in [0, 0.05) is 12.5 Å². The van der Waals surface area contributed by atoms with E-state index >= 15 is 0 Å². The van der Waals surface area contributed by atoms with Crippen LogP contribution in [0.2, 0.25) is 0 Å². The average Bonchev–Trinajstić information content (AvgIpc) is 2.55. The van der Waals surface area contributed by atoms with Crippen molar-refractivity contribution in [1.29, 1.82) is 0 Å². The lowest BCUT2D eigenvalue weighted by Gasteiger charge is -2.21. The molecule has 1 amide bonds. The summed E-state index contributed by atoms with van der Waals surface area (Å²) < 4.78 is 0. The molecule has 1 fully saturated rings. The Bertz CT molecular complexity index is 628. The zero-order chi connectivity index (χ0) is 17.5. The number of amides is 1. The molecule has 0 aromatic heterocycles. The van der Waals surface area contributed by atoms with Crippen LogP contribution in [0.15, 0.2) is 18.2 Å². The molecule has 7 heteroatoms. The van der Waals surface area contributed by atoms with Gasteiger partial charge >= 0.3 is 0 Å². The molecule has 2 rings (SSSR count). The monoisotopic (exact) mass is 349 g/mol. The van der Waals surface area contributed by atoms with E-state index in [-0.39, 0.29) is 16.7 Å². The lowest BCUT2D eigenvalue weighted by atomic mass is 9.86. The van der Waals surface area contributed by atoms with Crippen molar-refractivity contribution in [2.75, 3.05) is 5.32 Å². The zero-order valence-electron chi connectivity index (χ0n) is 13.8. The van der Waals surface area contributed by atoms with E-state index in [1.807, 2.05) is 0 Å². The Morgan fingerprint density at radius 3 is 2.71 bits per heavy atom. The molecule has 0 aliphatic heterocycles. The largest absolute Gasteiger partial charge is 0.332 e. The fraction of sp³-hybridized carbons (Fsp3) is 0.529. The first kappa shape index (κ1) is 18.3. The van der Waals surface area contributed by atoms with E-state index in [1.54, 1.807) is 19.1 Å². The van der Waals surface area contributed by atoms with E-state index in [0.717, 1.165) is 6.42 Å². The van der Waals surface area contributed by atoms with Gasteiger partial charge in [-0.25, -0.2) is 0 Å². The van der Waals surface area contributed by atoms with E-state index in [1.165, 1.54) is 38.2 Å². The molecule has 1 aliphatic rings. The third-order valence-electron chi connectivity index (χ3n) is 4.51. The van der Waals surface area contributed by atoms with Gasteiger partial charge in [0.05, 0.1) is 16.2 Å². The number of hydrogen-bond donors (Lipinski definition) is 2. The number of rotatable bonds is 5. The maximum absolute atomic E-state index is 12.0. The number of anilines is 1. The van der Waals surface area contributed by atoms with Gasteiger partial charge in [-0.1, -0.05) is 38.2 Å². The van der Waals surface area contributed by atoms with Crippen molar-refractivity contribution < 1.29 is 9.72 Å². The van der Waals surface area contributed by atoms with E-state index < -0.39 is 4.92 Å². The van der Waals surface area contributed by atoms with Crippen molar-refractivity contribution in [3.8, 4) is 0 Å². The minimum absolute atomic E-state index is 0.0198. The molecule has 0 unspecified atom stereocenters. The second-order valence-corrected chi connectivity index (χ2v) is 6.66. The molecule has 24 heavy (non-hydrogen) atoms. The molecular formula is C17H23N3O3S. The number of thiocarbonyl (C=S) groups is 1. The highest BCUT2D eigenvalue weighted by atomic mass is 32.1. The van der Waals surface area contributed by atoms with Crippen molar-refractivity contribution in [2.24, 2.45) is 5.92 Å². The van der Waals surface area contributed by atoms with Crippen LogP contribution in [0.5, 0.6) is 0 Å². The molecule has 1 saturated carbocycles. The quantitative estimate of drug-likeness (QED) is 0.475. The summed E-state index contributed by atoms with van der Waals surface area (Å²) in [6.45, 7) is 1.65. The molecule has 0 radical (unpaired) electrons. The summed E-state index contributed by atoms with van der Waals surface area (Å²) in [5.41, 5.74) is 1.04. The summed E-state index contributed by atoms with van der Waals surface area (Å²) >= 11 is 5.14. The number of carbonyl (C=O) groups is 1. The van der Waals surface area contributed by atoms with Gasteiger partial charge in [-0.2, -0.15) is 0 Å². The summed E-state index contributed by atoms with van der Waals surface area (Å²) in [5.74, 6) is 0.534. The fourth-order valence-corrected chi connectivity index (χ4v) is 3.33. The Labute approximate surface area is 147 Å². The molecule has 1 aromatic rings. The van der Waals surface area contributed by atoms with E-state index in [2.05, 4.69) is 10.6 Å². The Morgan fingerprint density at radius 2 is 2.04 bits per heavy atom. The highest BCUT2D eigenvalue weighted by Crippen LogP contribution is 2.27. The van der Waals surface area contributed by atoms with Crippen LogP contribution in [0.1, 0.15) is 50.5 Å². The third-order valence-corrected chi connectivity index (χ3v) is 4.71.